The molecule has 4 N–H and O–H groups in total. The van der Waals surface area contributed by atoms with Gasteiger partial charge in [-0.15, -0.1) is 0 Å². The van der Waals surface area contributed by atoms with Crippen molar-refractivity contribution in [3.63, 3.8) is 0 Å². The molecule has 2 aromatic heterocycles. The quantitative estimate of drug-likeness (QED) is 0.286. The number of nitrogens with one attached hydrogen (secondary N) is 3. The third-order valence-electron chi connectivity index (χ3n) is 5.58. The van der Waals surface area contributed by atoms with Gasteiger partial charge in [0.25, 0.3) is 0 Å². The van der Waals surface area contributed by atoms with E-state index in [-0.39, 0.29) is 22.8 Å². The number of carboxylic acid groups (broad SMARTS) is 1. The Bertz CT molecular complexity index is 1480. The average Bonchev–Trinajstić information content (AvgIpc) is 2.83. The minimum atomic E-state index is -1.03. The van der Waals surface area contributed by atoms with Gasteiger partial charge >= 0.3 is 5.97 Å². The number of aromatic carboxylic acids is 1. The van der Waals surface area contributed by atoms with Gasteiger partial charge in [0.2, 0.25) is 0 Å². The van der Waals surface area contributed by atoms with Crippen LogP contribution in [0.4, 0.5) is 11.4 Å². The van der Waals surface area contributed by atoms with Gasteiger partial charge in [-0.1, -0.05) is 18.2 Å². The molecule has 0 bridgehead atoms. The molecule has 4 rings (SSSR count). The number of nitrogens with zero attached hydrogens (tertiary/aromatic N) is 1. The van der Waals surface area contributed by atoms with E-state index >= 15 is 0 Å². The minimum absolute atomic E-state index is 0.154. The first kappa shape index (κ1) is 22.7. The molecule has 2 heterocycles. The van der Waals surface area contributed by atoms with Crippen molar-refractivity contribution in [3.05, 3.63) is 87.2 Å². The highest BCUT2D eigenvalue weighted by Gasteiger charge is 2.19. The lowest BCUT2D eigenvalue weighted by molar-refractivity contribution is 0.0698. The summed E-state index contributed by atoms with van der Waals surface area (Å²) in [5.74, 6) is -0.747. The molecular weight excluding hydrogens is 432 g/mol. The first-order valence-electron chi connectivity index (χ1n) is 10.7. The Labute approximate surface area is 195 Å². The molecule has 1 atom stereocenters. The van der Waals surface area contributed by atoms with Crippen molar-refractivity contribution in [2.45, 2.75) is 19.9 Å². The summed E-state index contributed by atoms with van der Waals surface area (Å²) in [5.41, 5.74) is 3.95. The standard InChI is InChI=1S/C26H24N4O4/c1-14-10-17(15(2)29-19-7-5-4-6-16(19)26(32)33)25-18(11-14)23(31)12-24(34-25)21-9-8-20(28-3)22(13-27)30-21/h4-13,15,27-29H,1-3H3,(H,32,33). The van der Waals surface area contributed by atoms with E-state index in [9.17, 15) is 14.7 Å². The van der Waals surface area contributed by atoms with E-state index in [0.29, 0.717) is 39.3 Å². The largest absolute Gasteiger partial charge is 0.478 e. The number of benzene rings is 2. The lowest BCUT2D eigenvalue weighted by atomic mass is 10.0. The number of hydrogen-bond acceptors (Lipinski definition) is 7. The number of pyridine rings is 1. The van der Waals surface area contributed by atoms with Crippen molar-refractivity contribution in [1.29, 1.82) is 5.41 Å². The topological polar surface area (TPSA) is 128 Å². The molecule has 0 aliphatic rings. The molecule has 1 unspecified atom stereocenters. The van der Waals surface area contributed by atoms with E-state index in [1.807, 2.05) is 19.9 Å². The summed E-state index contributed by atoms with van der Waals surface area (Å²) >= 11 is 0. The van der Waals surface area contributed by atoms with Crippen LogP contribution in [0.1, 0.15) is 40.1 Å². The number of aryl methyl sites for hydroxylation is 1. The van der Waals surface area contributed by atoms with Gasteiger partial charge in [0.15, 0.2) is 11.2 Å². The number of carbonyl (C=O) groups is 1. The van der Waals surface area contributed by atoms with Crippen molar-refractivity contribution in [2.75, 3.05) is 17.7 Å². The first-order valence-corrected chi connectivity index (χ1v) is 10.7. The SMILES string of the molecule is CNc1ccc(-c2cc(=O)c3cc(C)cc(C(C)Nc4ccccc4C(=O)O)c3o2)nc1C=N. The molecule has 4 aromatic rings. The Kier molecular flexibility index (Phi) is 6.14. The van der Waals surface area contributed by atoms with Crippen molar-refractivity contribution in [1.82, 2.24) is 4.98 Å². The zero-order valence-corrected chi connectivity index (χ0v) is 19.0. The fourth-order valence-electron chi connectivity index (χ4n) is 3.92. The summed E-state index contributed by atoms with van der Waals surface area (Å²) in [6.45, 7) is 3.77. The maximum Gasteiger partial charge on any atom is 0.337 e. The smallest absolute Gasteiger partial charge is 0.337 e. The number of para-hydroxylation sites is 1. The van der Waals surface area contributed by atoms with Crippen LogP contribution in [0.5, 0.6) is 0 Å². The van der Waals surface area contributed by atoms with Crippen LogP contribution in [0.2, 0.25) is 0 Å². The fourth-order valence-corrected chi connectivity index (χ4v) is 3.92. The van der Waals surface area contributed by atoms with Gasteiger partial charge in [0.05, 0.1) is 22.7 Å². The normalized spacial score (nSPS) is 11.7. The molecule has 8 nitrogen and oxygen atoms in total. The van der Waals surface area contributed by atoms with Crippen LogP contribution in [0.3, 0.4) is 0 Å². The molecule has 8 heteroatoms. The number of rotatable bonds is 7. The Hall–Kier alpha value is -4.46. The van der Waals surface area contributed by atoms with E-state index in [4.69, 9.17) is 9.83 Å². The lowest BCUT2D eigenvalue weighted by Gasteiger charge is -2.19. The van der Waals surface area contributed by atoms with Gasteiger partial charge in [-0.05, 0) is 49.7 Å². The number of aromatic nitrogens is 1. The molecule has 0 amide bonds. The predicted molar refractivity (Wildman–Crippen MR) is 133 cm³/mol. The summed E-state index contributed by atoms with van der Waals surface area (Å²) in [4.78, 5) is 29.1. The van der Waals surface area contributed by atoms with Crippen LogP contribution in [-0.4, -0.2) is 29.3 Å². The zero-order chi connectivity index (χ0) is 24.4. The maximum absolute atomic E-state index is 13.0. The molecule has 0 saturated carbocycles. The van der Waals surface area contributed by atoms with Gasteiger partial charge in [-0.25, -0.2) is 9.78 Å². The molecule has 34 heavy (non-hydrogen) atoms. The average molecular weight is 457 g/mol. The van der Waals surface area contributed by atoms with Crippen LogP contribution >= 0.6 is 0 Å². The van der Waals surface area contributed by atoms with Crippen molar-refractivity contribution in [2.24, 2.45) is 0 Å². The Morgan fingerprint density at radius 2 is 1.91 bits per heavy atom. The van der Waals surface area contributed by atoms with Crippen molar-refractivity contribution >= 4 is 34.5 Å². The highest BCUT2D eigenvalue weighted by atomic mass is 16.4. The highest BCUT2D eigenvalue weighted by molar-refractivity contribution is 5.94. The monoisotopic (exact) mass is 456 g/mol. The van der Waals surface area contributed by atoms with Crippen molar-refractivity contribution < 1.29 is 14.3 Å². The molecule has 172 valence electrons. The summed E-state index contributed by atoms with van der Waals surface area (Å²) in [5, 5.41) is 23.8. The van der Waals surface area contributed by atoms with Gasteiger partial charge in [0.1, 0.15) is 17.0 Å². The molecule has 0 spiro atoms. The highest BCUT2D eigenvalue weighted by Crippen LogP contribution is 2.31. The second-order valence-electron chi connectivity index (χ2n) is 7.95. The zero-order valence-electron chi connectivity index (χ0n) is 19.0. The molecule has 0 aliphatic carbocycles. The molecule has 0 saturated heterocycles. The molecule has 2 aromatic carbocycles. The Morgan fingerprint density at radius 3 is 2.62 bits per heavy atom. The third kappa shape index (κ3) is 4.25. The fraction of sp³-hybridized carbons (Fsp3) is 0.154. The van der Waals surface area contributed by atoms with Crippen molar-refractivity contribution in [3.8, 4) is 11.5 Å². The van der Waals surface area contributed by atoms with E-state index in [1.54, 1.807) is 43.4 Å². The summed E-state index contributed by atoms with van der Waals surface area (Å²) < 4.78 is 6.21. The van der Waals surface area contributed by atoms with E-state index < -0.39 is 5.97 Å². The summed E-state index contributed by atoms with van der Waals surface area (Å²) in [6.07, 6.45) is 1.13. The predicted octanol–water partition coefficient (Wildman–Crippen LogP) is 5.07. The molecule has 0 fully saturated rings. The number of hydrogen-bond donors (Lipinski definition) is 4. The third-order valence-corrected chi connectivity index (χ3v) is 5.58. The molecule has 0 radical (unpaired) electrons. The van der Waals surface area contributed by atoms with Crippen LogP contribution in [0, 0.1) is 12.3 Å². The molecular formula is C26H24N4O4. The maximum atomic E-state index is 13.0. The van der Waals surface area contributed by atoms with E-state index in [0.717, 1.165) is 11.8 Å². The van der Waals surface area contributed by atoms with Gasteiger partial charge in [0, 0.05) is 30.6 Å². The van der Waals surface area contributed by atoms with Gasteiger partial charge in [-0.3, -0.25) is 4.79 Å². The summed E-state index contributed by atoms with van der Waals surface area (Å²) in [6, 6.07) is 14.9. The minimum Gasteiger partial charge on any atom is -0.478 e. The number of anilines is 2. The van der Waals surface area contributed by atoms with Gasteiger partial charge in [-0.2, -0.15) is 0 Å². The van der Waals surface area contributed by atoms with Gasteiger partial charge < -0.3 is 25.6 Å². The second-order valence-corrected chi connectivity index (χ2v) is 7.95. The van der Waals surface area contributed by atoms with Crippen LogP contribution in [-0.2, 0) is 0 Å². The van der Waals surface area contributed by atoms with Crippen LogP contribution < -0.4 is 16.1 Å². The molecule has 0 aliphatic heterocycles. The second kappa shape index (κ2) is 9.19. The van der Waals surface area contributed by atoms with E-state index in [1.165, 1.54) is 12.1 Å². The Morgan fingerprint density at radius 1 is 1.15 bits per heavy atom. The number of carboxylic acids is 1. The Balaban J connectivity index is 1.85. The summed E-state index contributed by atoms with van der Waals surface area (Å²) in [7, 11) is 1.74. The van der Waals surface area contributed by atoms with Crippen LogP contribution in [0.15, 0.2) is 63.8 Å². The lowest BCUT2D eigenvalue weighted by Crippen LogP contribution is -2.12. The number of fused-ring (bicyclic) bond motifs is 1. The van der Waals surface area contributed by atoms with Crippen LogP contribution in [0.25, 0.3) is 22.4 Å². The first-order chi connectivity index (χ1) is 16.3. The van der Waals surface area contributed by atoms with E-state index in [2.05, 4.69) is 15.6 Å².